The van der Waals surface area contributed by atoms with Crippen LogP contribution in [0.15, 0.2) is 42.1 Å². The Morgan fingerprint density at radius 3 is 2.89 bits per heavy atom. The number of nitrogens with one attached hydrogen (secondary N) is 1. The minimum Gasteiger partial charge on any atom is -0.481 e. The second-order valence-corrected chi connectivity index (χ2v) is 6.89. The van der Waals surface area contributed by atoms with Crippen LogP contribution in [0.25, 0.3) is 6.08 Å². The number of amides is 2. The van der Waals surface area contributed by atoms with Gasteiger partial charge >= 0.3 is 6.03 Å². The summed E-state index contributed by atoms with van der Waals surface area (Å²) < 4.78 is 19.1. The molecule has 1 saturated heterocycles. The van der Waals surface area contributed by atoms with E-state index in [1.54, 1.807) is 35.4 Å². The Morgan fingerprint density at radius 1 is 1.41 bits per heavy atom. The van der Waals surface area contributed by atoms with E-state index in [1.165, 1.54) is 13.2 Å². The zero-order valence-electron chi connectivity index (χ0n) is 15.2. The number of hydrogen-bond acceptors (Lipinski definition) is 3. The predicted molar refractivity (Wildman–Crippen MR) is 105 cm³/mol. The Kier molecular flexibility index (Phi) is 5.96. The Balaban J connectivity index is 1.64. The van der Waals surface area contributed by atoms with Crippen molar-refractivity contribution < 1.29 is 13.9 Å². The van der Waals surface area contributed by atoms with E-state index in [4.69, 9.17) is 16.3 Å². The molecule has 3 rings (SSSR count). The SMILES string of the molecule is COc1ccc(NC(=O)N2CCC(=Cc3cccc(Cl)c3F)C(C)C2)cn1. The summed E-state index contributed by atoms with van der Waals surface area (Å²) in [5.41, 5.74) is 2.19. The summed E-state index contributed by atoms with van der Waals surface area (Å²) in [6.45, 7) is 3.15. The highest BCUT2D eigenvalue weighted by molar-refractivity contribution is 6.30. The average molecular weight is 390 g/mol. The summed E-state index contributed by atoms with van der Waals surface area (Å²) in [5.74, 6) is 0.200. The number of methoxy groups -OCH3 is 1. The fourth-order valence-corrected chi connectivity index (χ4v) is 3.24. The van der Waals surface area contributed by atoms with Gasteiger partial charge in [0.15, 0.2) is 0 Å². The largest absolute Gasteiger partial charge is 0.481 e. The maximum atomic E-state index is 14.1. The number of rotatable bonds is 3. The molecule has 1 aromatic heterocycles. The van der Waals surface area contributed by atoms with Gasteiger partial charge in [-0.2, -0.15) is 0 Å². The first-order valence-electron chi connectivity index (χ1n) is 8.68. The van der Waals surface area contributed by atoms with Gasteiger partial charge in [-0.25, -0.2) is 14.2 Å². The fraction of sp³-hybridized carbons (Fsp3) is 0.300. The number of nitrogens with zero attached hydrogens (tertiary/aromatic N) is 2. The van der Waals surface area contributed by atoms with E-state index in [-0.39, 0.29) is 17.0 Å². The average Bonchev–Trinajstić information content (AvgIpc) is 2.67. The van der Waals surface area contributed by atoms with E-state index in [9.17, 15) is 9.18 Å². The minimum atomic E-state index is -0.411. The lowest BCUT2D eigenvalue weighted by Gasteiger charge is -2.33. The van der Waals surface area contributed by atoms with Gasteiger partial charge in [-0.05, 0) is 24.5 Å². The molecule has 2 aromatic rings. The van der Waals surface area contributed by atoms with Crippen LogP contribution in [-0.4, -0.2) is 36.1 Å². The monoisotopic (exact) mass is 389 g/mol. The van der Waals surface area contributed by atoms with Gasteiger partial charge in [-0.3, -0.25) is 0 Å². The molecule has 0 saturated carbocycles. The Hall–Kier alpha value is -2.60. The zero-order valence-corrected chi connectivity index (χ0v) is 16.0. The number of anilines is 1. The first-order valence-corrected chi connectivity index (χ1v) is 9.06. The summed E-state index contributed by atoms with van der Waals surface area (Å²) in [7, 11) is 1.54. The van der Waals surface area contributed by atoms with Crippen molar-refractivity contribution >= 4 is 29.4 Å². The molecule has 1 aliphatic heterocycles. The van der Waals surface area contributed by atoms with Gasteiger partial charge in [0.2, 0.25) is 5.88 Å². The van der Waals surface area contributed by atoms with Gasteiger partial charge in [0, 0.05) is 24.7 Å². The van der Waals surface area contributed by atoms with Crippen LogP contribution in [0, 0.1) is 11.7 Å². The number of ether oxygens (including phenoxy) is 1. The number of carbonyl (C=O) groups is 1. The zero-order chi connectivity index (χ0) is 19.4. The standard InChI is InChI=1S/C20H21ClFN3O2/c1-13-12-25(20(26)24-16-6-7-18(27-2)23-11-16)9-8-14(13)10-15-4-3-5-17(21)19(15)22/h3-7,10-11,13H,8-9,12H2,1-2H3,(H,24,26). The number of urea groups is 1. The molecule has 0 aliphatic carbocycles. The normalized spacial score (nSPS) is 18.4. The van der Waals surface area contributed by atoms with Crippen LogP contribution >= 0.6 is 11.6 Å². The molecular weight excluding hydrogens is 369 g/mol. The van der Waals surface area contributed by atoms with E-state index in [0.717, 1.165) is 5.57 Å². The van der Waals surface area contributed by atoms with Crippen molar-refractivity contribution in [3.05, 3.63) is 58.5 Å². The third-order valence-corrected chi connectivity index (χ3v) is 4.90. The van der Waals surface area contributed by atoms with Crippen molar-refractivity contribution in [1.82, 2.24) is 9.88 Å². The number of benzene rings is 1. The molecule has 1 fully saturated rings. The molecule has 2 heterocycles. The lowest BCUT2D eigenvalue weighted by molar-refractivity contribution is 0.198. The van der Waals surface area contributed by atoms with Crippen LogP contribution in [0.1, 0.15) is 18.9 Å². The number of aromatic nitrogens is 1. The van der Waals surface area contributed by atoms with Crippen LogP contribution in [0.5, 0.6) is 5.88 Å². The van der Waals surface area contributed by atoms with Crippen LogP contribution in [-0.2, 0) is 0 Å². The van der Waals surface area contributed by atoms with Gasteiger partial charge in [-0.15, -0.1) is 0 Å². The minimum absolute atomic E-state index is 0.113. The van der Waals surface area contributed by atoms with Crippen molar-refractivity contribution in [2.24, 2.45) is 5.92 Å². The van der Waals surface area contributed by atoms with E-state index < -0.39 is 5.82 Å². The third-order valence-electron chi connectivity index (χ3n) is 4.60. The third kappa shape index (κ3) is 4.57. The summed E-state index contributed by atoms with van der Waals surface area (Å²) in [5, 5.41) is 2.95. The van der Waals surface area contributed by atoms with Gasteiger partial charge < -0.3 is 15.0 Å². The van der Waals surface area contributed by atoms with Gasteiger partial charge in [0.1, 0.15) is 5.82 Å². The number of halogens is 2. The van der Waals surface area contributed by atoms with Crippen molar-refractivity contribution in [1.29, 1.82) is 0 Å². The van der Waals surface area contributed by atoms with Crippen molar-refractivity contribution in [2.75, 3.05) is 25.5 Å². The van der Waals surface area contributed by atoms with Gasteiger partial charge in [0.25, 0.3) is 0 Å². The Bertz CT molecular complexity index is 855. The van der Waals surface area contributed by atoms with Gasteiger partial charge in [-0.1, -0.05) is 42.3 Å². The Labute approximate surface area is 162 Å². The molecule has 27 heavy (non-hydrogen) atoms. The second-order valence-electron chi connectivity index (χ2n) is 6.48. The summed E-state index contributed by atoms with van der Waals surface area (Å²) >= 11 is 5.85. The molecule has 0 radical (unpaired) electrons. The highest BCUT2D eigenvalue weighted by atomic mass is 35.5. The molecule has 1 N–H and O–H groups in total. The molecule has 0 spiro atoms. The molecule has 1 aromatic carbocycles. The van der Waals surface area contributed by atoms with E-state index >= 15 is 0 Å². The maximum Gasteiger partial charge on any atom is 0.321 e. The number of carbonyl (C=O) groups excluding carboxylic acids is 1. The highest BCUT2D eigenvalue weighted by Crippen LogP contribution is 2.27. The highest BCUT2D eigenvalue weighted by Gasteiger charge is 2.24. The number of piperidine rings is 1. The topological polar surface area (TPSA) is 54.5 Å². The van der Waals surface area contributed by atoms with Crippen LogP contribution in [0.2, 0.25) is 5.02 Å². The van der Waals surface area contributed by atoms with Gasteiger partial charge in [0.05, 0.1) is 24.0 Å². The summed E-state index contributed by atoms with van der Waals surface area (Å²) in [6.07, 6.45) is 4.08. The molecule has 142 valence electrons. The molecule has 5 nitrogen and oxygen atoms in total. The smallest absolute Gasteiger partial charge is 0.321 e. The fourth-order valence-electron chi connectivity index (χ4n) is 3.06. The molecule has 1 unspecified atom stereocenters. The van der Waals surface area contributed by atoms with Crippen LogP contribution < -0.4 is 10.1 Å². The summed E-state index contributed by atoms with van der Waals surface area (Å²) in [4.78, 5) is 18.3. The summed E-state index contributed by atoms with van der Waals surface area (Å²) in [6, 6.07) is 8.22. The first kappa shape index (κ1) is 19.2. The molecule has 2 amide bonds. The predicted octanol–water partition coefficient (Wildman–Crippen LogP) is 4.84. The second kappa shape index (κ2) is 8.39. The number of hydrogen-bond donors (Lipinski definition) is 1. The van der Waals surface area contributed by atoms with E-state index in [1.807, 2.05) is 13.0 Å². The lowest BCUT2D eigenvalue weighted by Crippen LogP contribution is -2.42. The Morgan fingerprint density at radius 2 is 2.22 bits per heavy atom. The van der Waals surface area contributed by atoms with E-state index in [2.05, 4.69) is 10.3 Å². The quantitative estimate of drug-likeness (QED) is 0.817. The van der Waals surface area contributed by atoms with Crippen molar-refractivity contribution in [3.8, 4) is 5.88 Å². The number of pyridine rings is 1. The first-order chi connectivity index (χ1) is 13.0. The molecule has 0 bridgehead atoms. The van der Waals surface area contributed by atoms with E-state index in [0.29, 0.717) is 36.6 Å². The lowest BCUT2D eigenvalue weighted by atomic mass is 9.91. The molecular formula is C20H21ClFN3O2. The molecule has 1 aliphatic rings. The van der Waals surface area contributed by atoms with Crippen LogP contribution in [0.3, 0.4) is 0 Å². The molecule has 1 atom stereocenters. The number of likely N-dealkylation sites (tertiary alicyclic amines) is 1. The van der Waals surface area contributed by atoms with Crippen molar-refractivity contribution in [2.45, 2.75) is 13.3 Å². The van der Waals surface area contributed by atoms with Crippen LogP contribution in [0.4, 0.5) is 14.9 Å². The maximum absolute atomic E-state index is 14.1. The van der Waals surface area contributed by atoms with Crippen molar-refractivity contribution in [3.63, 3.8) is 0 Å². The molecule has 7 heteroatoms.